The fourth-order valence-electron chi connectivity index (χ4n) is 2.27. The minimum Gasteiger partial charge on any atom is -0.392 e. The lowest BCUT2D eigenvalue weighted by Crippen LogP contribution is -2.49. The normalized spacial score (nSPS) is 18.0. The van der Waals surface area contributed by atoms with Crippen molar-refractivity contribution in [2.45, 2.75) is 19.8 Å². The molecule has 0 spiro atoms. The highest BCUT2D eigenvalue weighted by molar-refractivity contribution is 7.80. The summed E-state index contributed by atoms with van der Waals surface area (Å²) in [7, 11) is 1.81. The van der Waals surface area contributed by atoms with Crippen molar-refractivity contribution < 1.29 is 9.53 Å². The van der Waals surface area contributed by atoms with E-state index in [-0.39, 0.29) is 10.9 Å². The van der Waals surface area contributed by atoms with E-state index in [1.807, 2.05) is 6.92 Å². The van der Waals surface area contributed by atoms with E-state index in [2.05, 4.69) is 10.4 Å². The fourth-order valence-corrected chi connectivity index (χ4v) is 2.57. The zero-order valence-corrected chi connectivity index (χ0v) is 11.9. The molecule has 104 valence electrons. The van der Waals surface area contributed by atoms with E-state index >= 15 is 0 Å². The third kappa shape index (κ3) is 2.62. The second-order valence-corrected chi connectivity index (χ2v) is 5.25. The molecule has 1 amide bonds. The van der Waals surface area contributed by atoms with Crippen molar-refractivity contribution in [2.24, 2.45) is 18.2 Å². The zero-order chi connectivity index (χ0) is 14.0. The van der Waals surface area contributed by atoms with Gasteiger partial charge in [-0.25, -0.2) is 0 Å². The van der Waals surface area contributed by atoms with E-state index < -0.39 is 5.41 Å². The van der Waals surface area contributed by atoms with Crippen LogP contribution < -0.4 is 11.1 Å². The molecule has 1 aliphatic heterocycles. The molecule has 2 rings (SSSR count). The van der Waals surface area contributed by atoms with Gasteiger partial charge in [0.05, 0.1) is 16.4 Å². The largest absolute Gasteiger partial charge is 0.392 e. The first-order chi connectivity index (χ1) is 8.95. The number of amides is 1. The predicted molar refractivity (Wildman–Crippen MR) is 75.8 cm³/mol. The average molecular weight is 282 g/mol. The monoisotopic (exact) mass is 282 g/mol. The van der Waals surface area contributed by atoms with E-state index in [4.69, 9.17) is 22.7 Å². The van der Waals surface area contributed by atoms with Gasteiger partial charge in [-0.3, -0.25) is 9.48 Å². The van der Waals surface area contributed by atoms with E-state index in [0.717, 1.165) is 5.69 Å². The molecule has 6 nitrogen and oxygen atoms in total. The number of carbonyl (C=O) groups is 1. The van der Waals surface area contributed by atoms with Gasteiger partial charge in [0, 0.05) is 26.5 Å². The SMILES string of the molecule is Cc1nn(C)cc1NC(=O)C1(C(N)=S)CCOCC1. The molecular formula is C12H18N4O2S. The van der Waals surface area contributed by atoms with Crippen molar-refractivity contribution in [1.82, 2.24) is 9.78 Å². The molecule has 0 saturated carbocycles. The van der Waals surface area contributed by atoms with Crippen molar-refractivity contribution in [2.75, 3.05) is 18.5 Å². The molecule has 3 N–H and O–H groups in total. The van der Waals surface area contributed by atoms with Crippen LogP contribution in [-0.4, -0.2) is 33.9 Å². The standard InChI is InChI=1S/C12H18N4O2S/c1-8-9(7-16(2)15-8)14-11(17)12(10(13)19)3-5-18-6-4-12/h7H,3-6H2,1-2H3,(H2,13,19)(H,14,17). The molecule has 0 atom stereocenters. The maximum absolute atomic E-state index is 12.5. The summed E-state index contributed by atoms with van der Waals surface area (Å²) in [5.41, 5.74) is 6.44. The van der Waals surface area contributed by atoms with Crippen molar-refractivity contribution in [1.29, 1.82) is 0 Å². The molecule has 1 aromatic rings. The van der Waals surface area contributed by atoms with Crippen molar-refractivity contribution in [3.63, 3.8) is 0 Å². The molecule has 0 aromatic carbocycles. The van der Waals surface area contributed by atoms with Gasteiger partial charge in [0.25, 0.3) is 0 Å². The van der Waals surface area contributed by atoms with Gasteiger partial charge in [-0.2, -0.15) is 5.10 Å². The number of thiocarbonyl (C=S) groups is 1. The Morgan fingerprint density at radius 3 is 2.68 bits per heavy atom. The topological polar surface area (TPSA) is 82.2 Å². The number of anilines is 1. The highest BCUT2D eigenvalue weighted by Crippen LogP contribution is 2.32. The molecule has 19 heavy (non-hydrogen) atoms. The van der Waals surface area contributed by atoms with Crippen LogP contribution in [0.15, 0.2) is 6.20 Å². The first-order valence-electron chi connectivity index (χ1n) is 6.15. The Morgan fingerprint density at radius 2 is 2.21 bits per heavy atom. The number of carbonyl (C=O) groups excluding carboxylic acids is 1. The minimum atomic E-state index is -0.810. The molecule has 0 unspecified atom stereocenters. The molecule has 1 aromatic heterocycles. The lowest BCUT2D eigenvalue weighted by atomic mass is 9.79. The quantitative estimate of drug-likeness (QED) is 0.799. The predicted octanol–water partition coefficient (Wildman–Crippen LogP) is 0.750. The summed E-state index contributed by atoms with van der Waals surface area (Å²) in [5.74, 6) is -0.167. The molecule has 0 aliphatic carbocycles. The van der Waals surface area contributed by atoms with Crippen LogP contribution in [0.3, 0.4) is 0 Å². The van der Waals surface area contributed by atoms with Crippen molar-refractivity contribution in [3.05, 3.63) is 11.9 Å². The Labute approximate surface area is 117 Å². The molecule has 7 heteroatoms. The number of aryl methyl sites for hydroxylation is 2. The van der Waals surface area contributed by atoms with Crippen LogP contribution in [0.5, 0.6) is 0 Å². The van der Waals surface area contributed by atoms with Crippen LogP contribution in [0.1, 0.15) is 18.5 Å². The summed E-state index contributed by atoms with van der Waals surface area (Å²) >= 11 is 5.10. The Kier molecular flexibility index (Phi) is 3.86. The molecule has 1 fully saturated rings. The van der Waals surface area contributed by atoms with E-state index in [1.54, 1.807) is 17.9 Å². The number of nitrogens with one attached hydrogen (secondary N) is 1. The van der Waals surface area contributed by atoms with Crippen molar-refractivity contribution >= 4 is 28.8 Å². The number of nitrogens with zero attached hydrogens (tertiary/aromatic N) is 2. The number of nitrogens with two attached hydrogens (primary N) is 1. The molecule has 0 bridgehead atoms. The summed E-state index contributed by atoms with van der Waals surface area (Å²) in [4.78, 5) is 12.8. The van der Waals surface area contributed by atoms with Crippen molar-refractivity contribution in [3.8, 4) is 0 Å². The number of hydrogen-bond donors (Lipinski definition) is 2. The number of hydrogen-bond acceptors (Lipinski definition) is 4. The number of aromatic nitrogens is 2. The molecule has 0 radical (unpaired) electrons. The maximum atomic E-state index is 12.5. The zero-order valence-electron chi connectivity index (χ0n) is 11.1. The molecule has 1 aliphatic rings. The van der Waals surface area contributed by atoms with Crippen LogP contribution in [0, 0.1) is 12.3 Å². The lowest BCUT2D eigenvalue weighted by Gasteiger charge is -2.34. The fraction of sp³-hybridized carbons (Fsp3) is 0.583. The second-order valence-electron chi connectivity index (χ2n) is 4.81. The van der Waals surface area contributed by atoms with Gasteiger partial charge in [-0.1, -0.05) is 12.2 Å². The minimum absolute atomic E-state index is 0.167. The average Bonchev–Trinajstić information content (AvgIpc) is 2.68. The molecule has 2 heterocycles. The summed E-state index contributed by atoms with van der Waals surface area (Å²) in [6, 6.07) is 0. The Bertz CT molecular complexity index is 506. The van der Waals surface area contributed by atoms with Crippen LogP contribution in [0.2, 0.25) is 0 Å². The van der Waals surface area contributed by atoms with Crippen LogP contribution >= 0.6 is 12.2 Å². The highest BCUT2D eigenvalue weighted by Gasteiger charge is 2.43. The van der Waals surface area contributed by atoms with E-state index in [1.165, 1.54) is 0 Å². The van der Waals surface area contributed by atoms with Gasteiger partial charge >= 0.3 is 0 Å². The van der Waals surface area contributed by atoms with Gasteiger partial charge in [0.2, 0.25) is 5.91 Å². The third-order valence-electron chi connectivity index (χ3n) is 3.51. The maximum Gasteiger partial charge on any atom is 0.237 e. The van der Waals surface area contributed by atoms with E-state index in [9.17, 15) is 4.79 Å². The highest BCUT2D eigenvalue weighted by atomic mass is 32.1. The second kappa shape index (κ2) is 5.26. The summed E-state index contributed by atoms with van der Waals surface area (Å²) in [5, 5.41) is 7.07. The summed E-state index contributed by atoms with van der Waals surface area (Å²) in [6.45, 7) is 2.83. The van der Waals surface area contributed by atoms with E-state index in [0.29, 0.717) is 31.7 Å². The lowest BCUT2D eigenvalue weighted by molar-refractivity contribution is -0.126. The number of ether oxygens (including phenoxy) is 1. The Balaban J connectivity index is 2.21. The van der Waals surface area contributed by atoms with Crippen LogP contribution in [-0.2, 0) is 16.6 Å². The van der Waals surface area contributed by atoms with Gasteiger partial charge in [0.1, 0.15) is 5.41 Å². The summed E-state index contributed by atoms with van der Waals surface area (Å²) < 4.78 is 6.95. The number of rotatable bonds is 3. The third-order valence-corrected chi connectivity index (χ3v) is 3.91. The first kappa shape index (κ1) is 14.0. The van der Waals surface area contributed by atoms with Gasteiger partial charge < -0.3 is 15.8 Å². The Morgan fingerprint density at radius 1 is 1.58 bits per heavy atom. The Hall–Kier alpha value is -1.47. The van der Waals surface area contributed by atoms with Gasteiger partial charge in [-0.05, 0) is 19.8 Å². The van der Waals surface area contributed by atoms with Crippen LogP contribution in [0.25, 0.3) is 0 Å². The first-order valence-corrected chi connectivity index (χ1v) is 6.56. The smallest absolute Gasteiger partial charge is 0.237 e. The molecule has 1 saturated heterocycles. The van der Waals surface area contributed by atoms with Crippen LogP contribution in [0.4, 0.5) is 5.69 Å². The van der Waals surface area contributed by atoms with Gasteiger partial charge in [0.15, 0.2) is 0 Å². The molecular weight excluding hydrogens is 264 g/mol. The van der Waals surface area contributed by atoms with Gasteiger partial charge in [-0.15, -0.1) is 0 Å². The summed E-state index contributed by atoms with van der Waals surface area (Å²) in [6.07, 6.45) is 2.81.